The zero-order chi connectivity index (χ0) is 13.2. The van der Waals surface area contributed by atoms with E-state index in [9.17, 15) is 0 Å². The highest BCUT2D eigenvalue weighted by molar-refractivity contribution is 5.57. The van der Waals surface area contributed by atoms with Crippen LogP contribution < -0.4 is 4.90 Å². The number of fused-ring (bicyclic) bond motifs is 1. The third-order valence-corrected chi connectivity index (χ3v) is 4.01. The standard InChI is InChI=1S/C17H20N2/c1-3-6-16-13(2)18-11-17(16)19-10-9-14-7-4-5-8-15(14)12-19/h3-5,7-8,11,18H,1,6,9-10,12H2,2H3. The number of rotatable bonds is 3. The van der Waals surface area contributed by atoms with Crippen LogP contribution in [0.5, 0.6) is 0 Å². The number of benzene rings is 1. The lowest BCUT2D eigenvalue weighted by Crippen LogP contribution is -2.30. The van der Waals surface area contributed by atoms with Crippen LogP contribution in [-0.2, 0) is 19.4 Å². The van der Waals surface area contributed by atoms with Gasteiger partial charge < -0.3 is 9.88 Å². The van der Waals surface area contributed by atoms with Gasteiger partial charge in [-0.15, -0.1) is 6.58 Å². The second-order valence-corrected chi connectivity index (χ2v) is 5.21. The van der Waals surface area contributed by atoms with E-state index in [-0.39, 0.29) is 0 Å². The molecule has 0 amide bonds. The van der Waals surface area contributed by atoms with Crippen molar-refractivity contribution in [1.82, 2.24) is 4.98 Å². The van der Waals surface area contributed by atoms with E-state index in [2.05, 4.69) is 53.8 Å². The van der Waals surface area contributed by atoms with Crippen LogP contribution in [0.1, 0.15) is 22.4 Å². The lowest BCUT2D eigenvalue weighted by atomic mass is 9.99. The van der Waals surface area contributed by atoms with Crippen LogP contribution in [0.15, 0.2) is 43.1 Å². The van der Waals surface area contributed by atoms with Crippen molar-refractivity contribution >= 4 is 5.69 Å². The summed E-state index contributed by atoms with van der Waals surface area (Å²) in [7, 11) is 0. The van der Waals surface area contributed by atoms with Crippen molar-refractivity contribution in [2.75, 3.05) is 11.4 Å². The van der Waals surface area contributed by atoms with Crippen LogP contribution in [0.4, 0.5) is 5.69 Å². The Balaban J connectivity index is 1.91. The Morgan fingerprint density at radius 1 is 1.32 bits per heavy atom. The predicted octanol–water partition coefficient (Wildman–Crippen LogP) is 3.61. The zero-order valence-electron chi connectivity index (χ0n) is 11.4. The Hall–Kier alpha value is -1.96. The van der Waals surface area contributed by atoms with Gasteiger partial charge in [-0.3, -0.25) is 0 Å². The van der Waals surface area contributed by atoms with Crippen LogP contribution >= 0.6 is 0 Å². The molecular weight excluding hydrogens is 232 g/mol. The van der Waals surface area contributed by atoms with E-state index in [1.54, 1.807) is 0 Å². The van der Waals surface area contributed by atoms with Gasteiger partial charge in [0, 0.05) is 25.0 Å². The number of hydrogen-bond acceptors (Lipinski definition) is 1. The Kier molecular flexibility index (Phi) is 3.16. The van der Waals surface area contributed by atoms with Crippen LogP contribution in [0, 0.1) is 6.92 Å². The molecule has 0 saturated carbocycles. The summed E-state index contributed by atoms with van der Waals surface area (Å²) < 4.78 is 0. The molecule has 0 radical (unpaired) electrons. The Morgan fingerprint density at radius 2 is 2.11 bits per heavy atom. The lowest BCUT2D eigenvalue weighted by molar-refractivity contribution is 0.729. The van der Waals surface area contributed by atoms with E-state index < -0.39 is 0 Å². The summed E-state index contributed by atoms with van der Waals surface area (Å²) in [6, 6.07) is 8.77. The molecule has 2 nitrogen and oxygen atoms in total. The van der Waals surface area contributed by atoms with Crippen molar-refractivity contribution < 1.29 is 0 Å². The minimum Gasteiger partial charge on any atom is -0.365 e. The molecule has 2 heteroatoms. The summed E-state index contributed by atoms with van der Waals surface area (Å²) in [5, 5.41) is 0. The average molecular weight is 252 g/mol. The van der Waals surface area contributed by atoms with Crippen LogP contribution in [0.25, 0.3) is 0 Å². The second kappa shape index (κ2) is 4.96. The molecule has 1 aliphatic rings. The molecule has 1 N–H and O–H groups in total. The maximum absolute atomic E-state index is 3.87. The molecule has 2 heterocycles. The van der Waals surface area contributed by atoms with Crippen molar-refractivity contribution in [2.24, 2.45) is 0 Å². The van der Waals surface area contributed by atoms with Crippen molar-refractivity contribution in [3.8, 4) is 0 Å². The van der Waals surface area contributed by atoms with Gasteiger partial charge >= 0.3 is 0 Å². The molecule has 3 rings (SSSR count). The fraction of sp³-hybridized carbons (Fsp3) is 0.294. The smallest absolute Gasteiger partial charge is 0.0585 e. The van der Waals surface area contributed by atoms with Crippen molar-refractivity contribution in [3.05, 3.63) is 65.5 Å². The average Bonchev–Trinajstić information content (AvgIpc) is 2.80. The van der Waals surface area contributed by atoms with Gasteiger partial charge in [-0.2, -0.15) is 0 Å². The van der Waals surface area contributed by atoms with E-state index in [1.165, 1.54) is 28.1 Å². The Labute approximate surface area is 114 Å². The van der Waals surface area contributed by atoms with Crippen LogP contribution in [0.3, 0.4) is 0 Å². The van der Waals surface area contributed by atoms with Crippen molar-refractivity contribution in [2.45, 2.75) is 26.3 Å². The molecule has 2 aromatic rings. The molecular formula is C17H20N2. The zero-order valence-corrected chi connectivity index (χ0v) is 11.4. The fourth-order valence-electron chi connectivity index (χ4n) is 2.93. The first-order chi connectivity index (χ1) is 9.29. The third kappa shape index (κ3) is 2.19. The van der Waals surface area contributed by atoms with Gasteiger partial charge in [-0.1, -0.05) is 30.3 Å². The molecule has 98 valence electrons. The summed E-state index contributed by atoms with van der Waals surface area (Å²) in [6.45, 7) is 8.11. The second-order valence-electron chi connectivity index (χ2n) is 5.21. The van der Waals surface area contributed by atoms with Gasteiger partial charge in [0.2, 0.25) is 0 Å². The van der Waals surface area contributed by atoms with Crippen molar-refractivity contribution in [1.29, 1.82) is 0 Å². The largest absolute Gasteiger partial charge is 0.365 e. The van der Waals surface area contributed by atoms with Gasteiger partial charge in [-0.25, -0.2) is 0 Å². The first kappa shape index (κ1) is 12.1. The number of anilines is 1. The van der Waals surface area contributed by atoms with E-state index >= 15 is 0 Å². The number of nitrogens with zero attached hydrogens (tertiary/aromatic N) is 1. The highest BCUT2D eigenvalue weighted by Gasteiger charge is 2.19. The van der Waals surface area contributed by atoms with E-state index in [0.717, 1.165) is 25.9 Å². The molecule has 0 unspecified atom stereocenters. The summed E-state index contributed by atoms with van der Waals surface area (Å²) in [5.74, 6) is 0. The van der Waals surface area contributed by atoms with Gasteiger partial charge in [0.25, 0.3) is 0 Å². The molecule has 1 aromatic heterocycles. The third-order valence-electron chi connectivity index (χ3n) is 4.01. The quantitative estimate of drug-likeness (QED) is 0.827. The molecule has 1 aliphatic heterocycles. The van der Waals surface area contributed by atoms with Crippen LogP contribution in [-0.4, -0.2) is 11.5 Å². The monoisotopic (exact) mass is 252 g/mol. The number of allylic oxidation sites excluding steroid dienone is 1. The summed E-state index contributed by atoms with van der Waals surface area (Å²) >= 11 is 0. The lowest BCUT2D eigenvalue weighted by Gasteiger charge is -2.31. The molecule has 0 saturated heterocycles. The van der Waals surface area contributed by atoms with Gasteiger partial charge in [0.05, 0.1) is 5.69 Å². The first-order valence-corrected chi connectivity index (χ1v) is 6.89. The normalized spacial score (nSPS) is 14.3. The maximum Gasteiger partial charge on any atom is 0.0585 e. The SMILES string of the molecule is C=CCc1c(N2CCc3ccccc3C2)c[nH]c1C. The minimum atomic E-state index is 0.933. The van der Waals surface area contributed by atoms with E-state index in [0.29, 0.717) is 0 Å². The predicted molar refractivity (Wildman–Crippen MR) is 80.6 cm³/mol. The first-order valence-electron chi connectivity index (χ1n) is 6.89. The summed E-state index contributed by atoms with van der Waals surface area (Å²) in [5.41, 5.74) is 6.93. The van der Waals surface area contributed by atoms with E-state index in [1.807, 2.05) is 6.08 Å². The Bertz CT molecular complexity index is 595. The molecule has 0 aliphatic carbocycles. The van der Waals surface area contributed by atoms with Gasteiger partial charge in [-0.05, 0) is 36.5 Å². The molecule has 0 atom stereocenters. The highest BCUT2D eigenvalue weighted by atomic mass is 15.1. The molecule has 0 fully saturated rings. The highest BCUT2D eigenvalue weighted by Crippen LogP contribution is 2.29. The number of nitrogens with one attached hydrogen (secondary N) is 1. The topological polar surface area (TPSA) is 19.0 Å². The van der Waals surface area contributed by atoms with Gasteiger partial charge in [0.1, 0.15) is 0 Å². The minimum absolute atomic E-state index is 0.933. The van der Waals surface area contributed by atoms with Gasteiger partial charge in [0.15, 0.2) is 0 Å². The fourth-order valence-corrected chi connectivity index (χ4v) is 2.93. The van der Waals surface area contributed by atoms with E-state index in [4.69, 9.17) is 0 Å². The number of aryl methyl sites for hydroxylation is 1. The number of aromatic nitrogens is 1. The summed E-state index contributed by atoms with van der Waals surface area (Å²) in [4.78, 5) is 5.83. The number of hydrogen-bond donors (Lipinski definition) is 1. The molecule has 1 aromatic carbocycles. The van der Waals surface area contributed by atoms with Crippen LogP contribution in [0.2, 0.25) is 0 Å². The maximum atomic E-state index is 3.87. The Morgan fingerprint density at radius 3 is 2.89 bits per heavy atom. The molecule has 0 bridgehead atoms. The summed E-state index contributed by atoms with van der Waals surface area (Å²) in [6.07, 6.45) is 6.19. The molecule has 0 spiro atoms. The number of H-pyrrole nitrogens is 1. The van der Waals surface area contributed by atoms with Crippen molar-refractivity contribution in [3.63, 3.8) is 0 Å². The molecule has 19 heavy (non-hydrogen) atoms. The number of aromatic amines is 1.